The first-order valence-corrected chi connectivity index (χ1v) is 4.55. The number of hydrogen-bond donors (Lipinski definition) is 2. The van der Waals surface area contributed by atoms with Crippen molar-refractivity contribution in [1.29, 1.82) is 0 Å². The second-order valence-electron chi connectivity index (χ2n) is 4.93. The van der Waals surface area contributed by atoms with Crippen molar-refractivity contribution in [1.82, 2.24) is 5.32 Å². The lowest BCUT2D eigenvalue weighted by Gasteiger charge is -2.36. The van der Waals surface area contributed by atoms with Crippen molar-refractivity contribution in [3.63, 3.8) is 0 Å². The molecule has 0 fully saturated rings. The van der Waals surface area contributed by atoms with Gasteiger partial charge in [0.15, 0.2) is 0 Å². The Bertz CT molecular complexity index is 229. The summed E-state index contributed by atoms with van der Waals surface area (Å²) < 4.78 is 0.326. The Kier molecular flexibility index (Phi) is 3.85. The van der Waals surface area contributed by atoms with Gasteiger partial charge in [-0.15, -0.1) is 6.58 Å². The number of likely N-dealkylation sites (N-methyl/N-ethyl adjacent to an activating group) is 1. The van der Waals surface area contributed by atoms with E-state index in [0.29, 0.717) is 4.48 Å². The molecule has 0 bridgehead atoms. The van der Waals surface area contributed by atoms with Crippen LogP contribution in [0, 0.1) is 0 Å². The molecule has 0 saturated heterocycles. The maximum Gasteiger partial charge on any atom is 0.379 e. The lowest BCUT2D eigenvalue weighted by atomic mass is 10.1. The molecular formula is C10H21N2O2+. The van der Waals surface area contributed by atoms with Gasteiger partial charge in [0.25, 0.3) is 0 Å². The summed E-state index contributed by atoms with van der Waals surface area (Å²) in [4.78, 5) is 11.0. The molecule has 0 amide bonds. The molecule has 2 N–H and O–H groups in total. The zero-order valence-electron chi connectivity index (χ0n) is 9.66. The molecule has 0 aromatic carbocycles. The Labute approximate surface area is 85.8 Å². The fourth-order valence-electron chi connectivity index (χ4n) is 0.998. The first-order chi connectivity index (χ1) is 6.10. The SMILES string of the molecule is C=CC(C)(C)NC(C(=O)O)[N+](C)(C)C. The zero-order chi connectivity index (χ0) is 11.6. The van der Waals surface area contributed by atoms with Crippen LogP contribution in [0.25, 0.3) is 0 Å². The maximum absolute atomic E-state index is 11.0. The summed E-state index contributed by atoms with van der Waals surface area (Å²) in [5, 5.41) is 12.1. The number of hydrogen-bond acceptors (Lipinski definition) is 2. The van der Waals surface area contributed by atoms with Gasteiger partial charge >= 0.3 is 5.97 Å². The topological polar surface area (TPSA) is 49.3 Å². The van der Waals surface area contributed by atoms with Gasteiger partial charge in [-0.3, -0.25) is 0 Å². The molecule has 0 aliphatic rings. The summed E-state index contributed by atoms with van der Waals surface area (Å²) in [6, 6.07) is 0. The third-order valence-electron chi connectivity index (χ3n) is 2.03. The van der Waals surface area contributed by atoms with Crippen LogP contribution in [0.3, 0.4) is 0 Å². The van der Waals surface area contributed by atoms with E-state index in [1.54, 1.807) is 6.08 Å². The van der Waals surface area contributed by atoms with Crippen LogP contribution in [0.1, 0.15) is 13.8 Å². The van der Waals surface area contributed by atoms with Crippen LogP contribution < -0.4 is 5.32 Å². The lowest BCUT2D eigenvalue weighted by molar-refractivity contribution is -0.891. The quantitative estimate of drug-likeness (QED) is 0.390. The summed E-state index contributed by atoms with van der Waals surface area (Å²) in [6.45, 7) is 7.45. The molecule has 14 heavy (non-hydrogen) atoms. The van der Waals surface area contributed by atoms with Crippen LogP contribution in [-0.2, 0) is 4.79 Å². The van der Waals surface area contributed by atoms with Crippen molar-refractivity contribution < 1.29 is 14.4 Å². The molecular weight excluding hydrogens is 180 g/mol. The number of rotatable bonds is 5. The maximum atomic E-state index is 11.0. The van der Waals surface area contributed by atoms with E-state index in [2.05, 4.69) is 11.9 Å². The number of carboxylic acid groups (broad SMARTS) is 1. The predicted octanol–water partition coefficient (Wildman–Crippen LogP) is 0.658. The first-order valence-electron chi connectivity index (χ1n) is 4.55. The molecule has 0 aromatic rings. The molecule has 82 valence electrons. The molecule has 0 radical (unpaired) electrons. The predicted molar refractivity (Wildman–Crippen MR) is 56.9 cm³/mol. The molecule has 0 spiro atoms. The van der Waals surface area contributed by atoms with Crippen LogP contribution in [0.15, 0.2) is 12.7 Å². The molecule has 0 heterocycles. The van der Waals surface area contributed by atoms with E-state index in [4.69, 9.17) is 5.11 Å². The second kappa shape index (κ2) is 4.11. The highest BCUT2D eigenvalue weighted by atomic mass is 16.4. The normalized spacial score (nSPS) is 14.9. The van der Waals surface area contributed by atoms with Gasteiger partial charge in [-0.05, 0) is 13.8 Å². The number of quaternary nitrogens is 1. The highest BCUT2D eigenvalue weighted by Crippen LogP contribution is 2.09. The van der Waals surface area contributed by atoms with Gasteiger partial charge in [0, 0.05) is 5.54 Å². The smallest absolute Gasteiger partial charge is 0.379 e. The van der Waals surface area contributed by atoms with Crippen LogP contribution in [-0.4, -0.2) is 48.4 Å². The van der Waals surface area contributed by atoms with Gasteiger partial charge in [-0.2, -0.15) is 0 Å². The summed E-state index contributed by atoms with van der Waals surface area (Å²) in [5.41, 5.74) is -0.380. The molecule has 0 aliphatic heterocycles. The molecule has 1 unspecified atom stereocenters. The van der Waals surface area contributed by atoms with Crippen molar-refractivity contribution in [2.24, 2.45) is 0 Å². The fraction of sp³-hybridized carbons (Fsp3) is 0.700. The van der Waals surface area contributed by atoms with E-state index in [9.17, 15) is 4.79 Å². The lowest BCUT2D eigenvalue weighted by Crippen LogP contribution is -2.62. The summed E-state index contributed by atoms with van der Waals surface area (Å²) in [6.07, 6.45) is 1.07. The van der Waals surface area contributed by atoms with Crippen LogP contribution in [0.5, 0.6) is 0 Å². The first kappa shape index (κ1) is 13.1. The van der Waals surface area contributed by atoms with Crippen molar-refractivity contribution in [3.05, 3.63) is 12.7 Å². The number of nitrogens with zero attached hydrogens (tertiary/aromatic N) is 1. The van der Waals surface area contributed by atoms with Crippen molar-refractivity contribution in [2.75, 3.05) is 21.1 Å². The van der Waals surface area contributed by atoms with Crippen LogP contribution >= 0.6 is 0 Å². The zero-order valence-corrected chi connectivity index (χ0v) is 9.66. The Morgan fingerprint density at radius 1 is 1.50 bits per heavy atom. The molecule has 4 heteroatoms. The minimum atomic E-state index is -0.854. The van der Waals surface area contributed by atoms with Crippen LogP contribution in [0.4, 0.5) is 0 Å². The van der Waals surface area contributed by atoms with Crippen molar-refractivity contribution in [2.45, 2.75) is 25.6 Å². The fourth-order valence-corrected chi connectivity index (χ4v) is 0.998. The third-order valence-corrected chi connectivity index (χ3v) is 2.03. The van der Waals surface area contributed by atoms with Gasteiger partial charge in [-0.25, -0.2) is 10.1 Å². The Hall–Kier alpha value is -0.870. The average molecular weight is 201 g/mol. The van der Waals surface area contributed by atoms with Gasteiger partial charge in [0.1, 0.15) is 0 Å². The van der Waals surface area contributed by atoms with E-state index in [0.717, 1.165) is 0 Å². The van der Waals surface area contributed by atoms with E-state index in [-0.39, 0.29) is 5.54 Å². The van der Waals surface area contributed by atoms with Gasteiger partial charge < -0.3 is 9.59 Å². The largest absolute Gasteiger partial charge is 0.476 e. The van der Waals surface area contributed by atoms with Gasteiger partial charge in [-0.1, -0.05) is 6.08 Å². The Balaban J connectivity index is 4.72. The minimum absolute atomic E-state index is 0.326. The standard InChI is InChI=1S/C10H20N2O2/c1-7-10(2,3)11-8(9(13)14)12(4,5)6/h7-8,11H,1H2,2-6H3/p+1. The van der Waals surface area contributed by atoms with E-state index in [1.807, 2.05) is 35.0 Å². The average Bonchev–Trinajstić information content (AvgIpc) is 1.98. The summed E-state index contributed by atoms with van der Waals surface area (Å²) >= 11 is 0. The number of carboxylic acids is 1. The highest BCUT2D eigenvalue weighted by Gasteiger charge is 2.34. The summed E-state index contributed by atoms with van der Waals surface area (Å²) in [7, 11) is 5.51. The molecule has 1 atom stereocenters. The molecule has 0 saturated carbocycles. The van der Waals surface area contributed by atoms with E-state index in [1.165, 1.54) is 0 Å². The van der Waals surface area contributed by atoms with Gasteiger partial charge in [0.05, 0.1) is 21.1 Å². The minimum Gasteiger partial charge on any atom is -0.476 e. The molecule has 0 aromatic heterocycles. The van der Waals surface area contributed by atoms with Gasteiger partial charge in [0.2, 0.25) is 6.17 Å². The van der Waals surface area contributed by atoms with Crippen molar-refractivity contribution >= 4 is 5.97 Å². The number of nitrogens with one attached hydrogen (secondary N) is 1. The third kappa shape index (κ3) is 3.89. The number of aliphatic carboxylic acids is 1. The molecule has 4 nitrogen and oxygen atoms in total. The van der Waals surface area contributed by atoms with Crippen LogP contribution in [0.2, 0.25) is 0 Å². The highest BCUT2D eigenvalue weighted by molar-refractivity contribution is 5.71. The monoisotopic (exact) mass is 201 g/mol. The van der Waals surface area contributed by atoms with E-state index < -0.39 is 12.1 Å². The summed E-state index contributed by atoms with van der Waals surface area (Å²) in [5.74, 6) is -0.854. The Morgan fingerprint density at radius 3 is 2.14 bits per heavy atom. The molecule has 0 rings (SSSR count). The van der Waals surface area contributed by atoms with E-state index >= 15 is 0 Å². The molecule has 0 aliphatic carbocycles. The Morgan fingerprint density at radius 2 is 1.93 bits per heavy atom. The second-order valence-corrected chi connectivity index (χ2v) is 4.93. The number of carbonyl (C=O) groups is 1. The van der Waals surface area contributed by atoms with Crippen molar-refractivity contribution in [3.8, 4) is 0 Å².